The standard InChI is InChI=1S/C13H11F2N3O2/c14-9-2-1-7(5-10(9)15)17-13(19)12-8-6-16-4-3-11(8)20-18-12/h1-2,5,16H,3-4,6H2,(H,17,19). The zero-order valence-corrected chi connectivity index (χ0v) is 10.4. The van der Waals surface area contributed by atoms with E-state index in [2.05, 4.69) is 15.8 Å². The Kier molecular flexibility index (Phi) is 3.19. The molecule has 2 aromatic rings. The number of halogens is 2. The van der Waals surface area contributed by atoms with Crippen LogP contribution in [0, 0.1) is 11.6 Å². The second kappa shape index (κ2) is 5.01. The molecule has 0 fully saturated rings. The van der Waals surface area contributed by atoms with Gasteiger partial charge in [0.25, 0.3) is 5.91 Å². The molecule has 0 unspecified atom stereocenters. The Labute approximate surface area is 113 Å². The van der Waals surface area contributed by atoms with Crippen LogP contribution in [-0.2, 0) is 13.0 Å². The van der Waals surface area contributed by atoms with Crippen LogP contribution in [0.25, 0.3) is 0 Å². The molecular formula is C13H11F2N3O2. The van der Waals surface area contributed by atoms with E-state index >= 15 is 0 Å². The Balaban J connectivity index is 1.82. The maximum Gasteiger partial charge on any atom is 0.278 e. The Morgan fingerprint density at radius 1 is 1.35 bits per heavy atom. The van der Waals surface area contributed by atoms with Gasteiger partial charge in [-0.25, -0.2) is 8.78 Å². The lowest BCUT2D eigenvalue weighted by atomic mass is 10.1. The second-order valence-corrected chi connectivity index (χ2v) is 4.44. The first-order chi connectivity index (χ1) is 9.65. The monoisotopic (exact) mass is 279 g/mol. The molecule has 1 aliphatic heterocycles. The van der Waals surface area contributed by atoms with Gasteiger partial charge in [-0.2, -0.15) is 0 Å². The Bertz CT molecular complexity index is 670. The normalized spacial score (nSPS) is 13.9. The number of rotatable bonds is 2. The highest BCUT2D eigenvalue weighted by atomic mass is 19.2. The van der Waals surface area contributed by atoms with Crippen molar-refractivity contribution in [3.8, 4) is 0 Å². The van der Waals surface area contributed by atoms with Gasteiger partial charge in [-0.05, 0) is 12.1 Å². The van der Waals surface area contributed by atoms with E-state index in [4.69, 9.17) is 4.52 Å². The first-order valence-electron chi connectivity index (χ1n) is 6.09. The van der Waals surface area contributed by atoms with E-state index < -0.39 is 17.5 Å². The molecule has 0 bridgehead atoms. The Morgan fingerprint density at radius 2 is 2.20 bits per heavy atom. The van der Waals surface area contributed by atoms with E-state index in [0.29, 0.717) is 24.3 Å². The molecule has 1 aromatic carbocycles. The molecule has 0 radical (unpaired) electrons. The predicted molar refractivity (Wildman–Crippen MR) is 66.2 cm³/mol. The first kappa shape index (κ1) is 12.7. The van der Waals surface area contributed by atoms with Crippen LogP contribution in [-0.4, -0.2) is 17.6 Å². The lowest BCUT2D eigenvalue weighted by Gasteiger charge is -2.11. The van der Waals surface area contributed by atoms with Crippen LogP contribution in [0.15, 0.2) is 22.7 Å². The fraction of sp³-hybridized carbons (Fsp3) is 0.231. The lowest BCUT2D eigenvalue weighted by molar-refractivity contribution is 0.101. The number of hydrogen-bond acceptors (Lipinski definition) is 4. The molecule has 104 valence electrons. The number of anilines is 1. The first-order valence-corrected chi connectivity index (χ1v) is 6.09. The van der Waals surface area contributed by atoms with Gasteiger partial charge in [-0.15, -0.1) is 0 Å². The summed E-state index contributed by atoms with van der Waals surface area (Å²) in [6.45, 7) is 1.27. The van der Waals surface area contributed by atoms with Crippen molar-refractivity contribution in [3.63, 3.8) is 0 Å². The molecule has 1 amide bonds. The Morgan fingerprint density at radius 3 is 3.00 bits per heavy atom. The molecule has 3 rings (SSSR count). The minimum Gasteiger partial charge on any atom is -0.360 e. The number of carbonyl (C=O) groups excluding carboxylic acids is 1. The molecule has 0 saturated carbocycles. The average molecular weight is 279 g/mol. The third-order valence-electron chi connectivity index (χ3n) is 3.09. The van der Waals surface area contributed by atoms with Gasteiger partial charge in [-0.3, -0.25) is 4.79 Å². The summed E-state index contributed by atoms with van der Waals surface area (Å²) in [5, 5.41) is 9.32. The van der Waals surface area contributed by atoms with Crippen LogP contribution < -0.4 is 10.6 Å². The average Bonchev–Trinajstić information content (AvgIpc) is 2.87. The third-order valence-corrected chi connectivity index (χ3v) is 3.09. The molecular weight excluding hydrogens is 268 g/mol. The molecule has 7 heteroatoms. The number of nitrogens with one attached hydrogen (secondary N) is 2. The third kappa shape index (κ3) is 2.27. The van der Waals surface area contributed by atoms with Gasteiger partial charge in [0.2, 0.25) is 0 Å². The van der Waals surface area contributed by atoms with Crippen LogP contribution in [0.3, 0.4) is 0 Å². The highest BCUT2D eigenvalue weighted by Gasteiger charge is 2.24. The summed E-state index contributed by atoms with van der Waals surface area (Å²) >= 11 is 0. The van der Waals surface area contributed by atoms with E-state index in [1.807, 2.05) is 0 Å². The molecule has 5 nitrogen and oxygen atoms in total. The number of nitrogens with zero attached hydrogens (tertiary/aromatic N) is 1. The molecule has 0 aliphatic carbocycles. The SMILES string of the molecule is O=C(Nc1ccc(F)c(F)c1)c1noc2c1CNCC2. The van der Waals surface area contributed by atoms with Crippen molar-refractivity contribution in [2.24, 2.45) is 0 Å². The predicted octanol–water partition coefficient (Wildman–Crippen LogP) is 1.85. The van der Waals surface area contributed by atoms with E-state index in [9.17, 15) is 13.6 Å². The summed E-state index contributed by atoms with van der Waals surface area (Å²) in [6.07, 6.45) is 0.667. The van der Waals surface area contributed by atoms with Crippen LogP contribution in [0.2, 0.25) is 0 Å². The largest absolute Gasteiger partial charge is 0.360 e. The van der Waals surface area contributed by atoms with Crippen molar-refractivity contribution < 1.29 is 18.1 Å². The summed E-state index contributed by atoms with van der Waals surface area (Å²) < 4.78 is 31.0. The summed E-state index contributed by atoms with van der Waals surface area (Å²) in [5.74, 6) is -1.82. The summed E-state index contributed by atoms with van der Waals surface area (Å²) in [6, 6.07) is 3.14. The van der Waals surface area contributed by atoms with E-state index in [-0.39, 0.29) is 11.4 Å². The van der Waals surface area contributed by atoms with Crippen molar-refractivity contribution in [2.45, 2.75) is 13.0 Å². The van der Waals surface area contributed by atoms with Crippen LogP contribution in [0.5, 0.6) is 0 Å². The minimum atomic E-state index is -1.02. The van der Waals surface area contributed by atoms with E-state index in [1.54, 1.807) is 0 Å². The number of benzene rings is 1. The number of amides is 1. The van der Waals surface area contributed by atoms with E-state index in [1.165, 1.54) is 6.07 Å². The van der Waals surface area contributed by atoms with E-state index in [0.717, 1.165) is 18.7 Å². The van der Waals surface area contributed by atoms with Gasteiger partial charge in [0.15, 0.2) is 17.3 Å². The van der Waals surface area contributed by atoms with Crippen molar-refractivity contribution in [2.75, 3.05) is 11.9 Å². The summed E-state index contributed by atoms with van der Waals surface area (Å²) in [7, 11) is 0. The van der Waals surface area contributed by atoms with Crippen molar-refractivity contribution >= 4 is 11.6 Å². The highest BCUT2D eigenvalue weighted by molar-refractivity contribution is 6.03. The van der Waals surface area contributed by atoms with Crippen LogP contribution in [0.4, 0.5) is 14.5 Å². The van der Waals surface area contributed by atoms with Gasteiger partial charge >= 0.3 is 0 Å². The van der Waals surface area contributed by atoms with Gasteiger partial charge < -0.3 is 15.2 Å². The topological polar surface area (TPSA) is 67.2 Å². The molecule has 1 aliphatic rings. The number of fused-ring (bicyclic) bond motifs is 1. The molecule has 0 saturated heterocycles. The van der Waals surface area contributed by atoms with Gasteiger partial charge in [-0.1, -0.05) is 5.16 Å². The van der Waals surface area contributed by atoms with Crippen molar-refractivity contribution in [1.29, 1.82) is 0 Å². The fourth-order valence-corrected chi connectivity index (χ4v) is 2.08. The van der Waals surface area contributed by atoms with Gasteiger partial charge in [0.1, 0.15) is 5.76 Å². The zero-order chi connectivity index (χ0) is 14.1. The van der Waals surface area contributed by atoms with Crippen LogP contribution in [0.1, 0.15) is 21.8 Å². The van der Waals surface area contributed by atoms with Gasteiger partial charge in [0.05, 0.1) is 0 Å². The van der Waals surface area contributed by atoms with Crippen LogP contribution >= 0.6 is 0 Å². The van der Waals surface area contributed by atoms with Crippen molar-refractivity contribution in [3.05, 3.63) is 46.9 Å². The number of aromatic nitrogens is 1. The number of hydrogen-bond donors (Lipinski definition) is 2. The summed E-state index contributed by atoms with van der Waals surface area (Å²) in [4.78, 5) is 12.1. The highest BCUT2D eigenvalue weighted by Crippen LogP contribution is 2.20. The maximum atomic E-state index is 13.1. The molecule has 2 heterocycles. The Hall–Kier alpha value is -2.28. The van der Waals surface area contributed by atoms with Gasteiger partial charge in [0, 0.05) is 36.8 Å². The molecule has 0 atom stereocenters. The summed E-state index contributed by atoms with van der Waals surface area (Å²) in [5.41, 5.74) is 1.03. The van der Waals surface area contributed by atoms with Crippen molar-refractivity contribution in [1.82, 2.24) is 10.5 Å². The number of carbonyl (C=O) groups is 1. The quantitative estimate of drug-likeness (QED) is 0.880. The lowest BCUT2D eigenvalue weighted by Crippen LogP contribution is -2.25. The molecule has 0 spiro atoms. The zero-order valence-electron chi connectivity index (χ0n) is 10.4. The minimum absolute atomic E-state index is 0.161. The molecule has 2 N–H and O–H groups in total. The second-order valence-electron chi connectivity index (χ2n) is 4.44. The molecule has 20 heavy (non-hydrogen) atoms. The smallest absolute Gasteiger partial charge is 0.278 e. The fourth-order valence-electron chi connectivity index (χ4n) is 2.08. The molecule has 1 aromatic heterocycles. The maximum absolute atomic E-state index is 13.1.